The standard InChI is InChI=1S/4C9H7.2C2H6Si.2BrH.2Zr/c4*1-2-5-9-7-3-6-8(9)4-1;2*1-3-2;;;;/h4*1-7H;2*1-2H3;2*1H;;/q4*-1;;;;;2*+2/p-2. The van der Waals surface area contributed by atoms with Crippen molar-refractivity contribution in [1.82, 2.24) is 0 Å². The molecule has 8 aromatic rings. The maximum atomic E-state index is 2.31. The minimum atomic E-state index is 0. The molecule has 8 aromatic carbocycles. The van der Waals surface area contributed by atoms with Crippen molar-refractivity contribution in [3.63, 3.8) is 0 Å². The van der Waals surface area contributed by atoms with E-state index < -0.39 is 0 Å². The molecule has 232 valence electrons. The Hall–Kier alpha value is -1.52. The van der Waals surface area contributed by atoms with Crippen LogP contribution in [0.5, 0.6) is 0 Å². The molecule has 0 bridgehead atoms. The van der Waals surface area contributed by atoms with Crippen LogP contribution in [-0.4, -0.2) is 10.9 Å². The van der Waals surface area contributed by atoms with E-state index in [1.807, 2.05) is 0 Å². The Kier molecular flexibility index (Phi) is 22.7. The molecule has 0 unspecified atom stereocenters. The molecule has 8 rings (SSSR count). The maximum Gasteiger partial charge on any atom is -0.0809 e. The van der Waals surface area contributed by atoms with Crippen LogP contribution in [0.1, 0.15) is 0 Å². The van der Waals surface area contributed by atoms with E-state index in [1.54, 1.807) is 46.7 Å². The number of hydrogen-bond acceptors (Lipinski definition) is 0. The van der Waals surface area contributed by atoms with E-state index in [9.17, 15) is 0 Å². The largest absolute Gasteiger partial charge is 1.00 e. The zero-order valence-electron chi connectivity index (χ0n) is 26.9. The van der Waals surface area contributed by atoms with Gasteiger partial charge in [0.05, 0.1) is 0 Å². The van der Waals surface area contributed by atoms with Gasteiger partial charge < -0.3 is 34.0 Å². The fourth-order valence-corrected chi connectivity index (χ4v) is 4.28. The predicted octanol–water partition coefficient (Wildman–Crippen LogP) is 5.81. The van der Waals surface area contributed by atoms with Gasteiger partial charge in [-0.3, -0.25) is 0 Å². The second kappa shape index (κ2) is 24.6. The molecular formula is C40H40Br2Si2Zr2-2. The summed E-state index contributed by atoms with van der Waals surface area (Å²) in [6.45, 7) is 9.23. The smallest absolute Gasteiger partial charge is 0.0809 e. The summed E-state index contributed by atoms with van der Waals surface area (Å²) < 4.78 is 0. The monoisotopic (exact) mass is 914 g/mol. The van der Waals surface area contributed by atoms with E-state index in [0.717, 1.165) is 0 Å². The summed E-state index contributed by atoms with van der Waals surface area (Å²) in [5.74, 6) is 0. The Bertz CT molecular complexity index is 1570. The van der Waals surface area contributed by atoms with E-state index in [1.165, 1.54) is 43.1 Å². The molecule has 0 aliphatic heterocycles. The van der Waals surface area contributed by atoms with Crippen molar-refractivity contribution >= 4 is 54.0 Å². The summed E-state index contributed by atoms with van der Waals surface area (Å²) in [4.78, 5) is 0. The fourth-order valence-electron chi connectivity index (χ4n) is 4.28. The maximum absolute atomic E-state index is 2.31. The van der Waals surface area contributed by atoms with Crippen LogP contribution < -0.4 is 34.0 Å². The number of hydrogen-bond donors (Lipinski definition) is 0. The first kappa shape index (κ1) is 42.5. The molecule has 0 aliphatic rings. The molecule has 6 heteroatoms. The molecule has 0 amide bonds. The second-order valence-electron chi connectivity index (χ2n) is 10.6. The molecule has 0 aliphatic carbocycles. The van der Waals surface area contributed by atoms with E-state index in [-0.39, 0.29) is 44.8 Å². The Morgan fingerprint density at radius 2 is 0.522 bits per heavy atom. The summed E-state index contributed by atoms with van der Waals surface area (Å²) in [6.07, 6.45) is 0. The van der Waals surface area contributed by atoms with Gasteiger partial charge in [0.15, 0.2) is 0 Å². The number of benzene rings is 4. The second-order valence-corrected chi connectivity index (χ2v) is 29.4. The van der Waals surface area contributed by atoms with Crippen LogP contribution in [0.3, 0.4) is 0 Å². The van der Waals surface area contributed by atoms with Crippen LogP contribution in [0.4, 0.5) is 0 Å². The van der Waals surface area contributed by atoms with Gasteiger partial charge in [-0.1, -0.05) is 24.3 Å². The van der Waals surface area contributed by atoms with Crippen LogP contribution in [0.2, 0.25) is 26.2 Å². The molecule has 0 saturated carbocycles. The van der Waals surface area contributed by atoms with Gasteiger partial charge in [0.25, 0.3) is 0 Å². The molecule has 0 nitrogen and oxygen atoms in total. The van der Waals surface area contributed by atoms with Crippen molar-refractivity contribution < 1.29 is 80.6 Å². The Morgan fingerprint density at radius 1 is 0.348 bits per heavy atom. The van der Waals surface area contributed by atoms with Gasteiger partial charge >= 0.3 is 83.7 Å². The Labute approximate surface area is 327 Å². The summed E-state index contributed by atoms with van der Waals surface area (Å²) in [5, 5.41) is 10.6. The first-order valence-corrected chi connectivity index (χ1v) is 27.2. The van der Waals surface area contributed by atoms with Crippen LogP contribution in [-0.2, 0) is 46.7 Å². The number of rotatable bonds is 0. The van der Waals surface area contributed by atoms with E-state index >= 15 is 0 Å². The van der Waals surface area contributed by atoms with Crippen molar-refractivity contribution in [2.75, 3.05) is 0 Å². The van der Waals surface area contributed by atoms with Gasteiger partial charge in [-0.2, -0.15) is 70.1 Å². The van der Waals surface area contributed by atoms with Crippen molar-refractivity contribution in [2.24, 2.45) is 0 Å². The SMILES string of the molecule is C[Si](C)=[Zr+2].C[Si](C)=[Zr+2].[Br-].[Br-].c1ccc2[cH-]ccc2c1.c1ccc2[cH-]ccc2c1.c1ccc2[cH-]ccc2c1.c1ccc2[cH-]ccc2c1. The molecule has 0 saturated heterocycles. The molecule has 0 spiro atoms. The first-order valence-electron chi connectivity index (χ1n) is 14.8. The molecule has 0 N–H and O–H groups in total. The summed E-state index contributed by atoms with van der Waals surface area (Å²) in [7, 11) is 0. The summed E-state index contributed by atoms with van der Waals surface area (Å²) >= 11 is 3.48. The van der Waals surface area contributed by atoms with Crippen molar-refractivity contribution in [2.45, 2.75) is 26.2 Å². The van der Waals surface area contributed by atoms with E-state index in [2.05, 4.69) is 196 Å². The molecule has 46 heavy (non-hydrogen) atoms. The first-order chi connectivity index (χ1) is 21.3. The normalized spacial score (nSPS) is 9.22. The van der Waals surface area contributed by atoms with Crippen LogP contribution in [0.15, 0.2) is 170 Å². The van der Waals surface area contributed by atoms with Crippen LogP contribution in [0, 0.1) is 0 Å². The van der Waals surface area contributed by atoms with Crippen LogP contribution >= 0.6 is 0 Å². The average molecular weight is 919 g/mol. The Morgan fingerprint density at radius 3 is 0.696 bits per heavy atom. The van der Waals surface area contributed by atoms with Crippen molar-refractivity contribution in [1.29, 1.82) is 0 Å². The fraction of sp³-hybridized carbons (Fsp3) is 0.100. The predicted molar refractivity (Wildman–Crippen MR) is 193 cm³/mol. The van der Waals surface area contributed by atoms with E-state index in [0.29, 0.717) is 0 Å². The minimum absolute atomic E-state index is 0. The molecule has 0 fully saturated rings. The van der Waals surface area contributed by atoms with Gasteiger partial charge in [0.2, 0.25) is 0 Å². The number of halogens is 2. The quantitative estimate of drug-likeness (QED) is 0.133. The molecule has 0 atom stereocenters. The third kappa shape index (κ3) is 16.5. The van der Waals surface area contributed by atoms with E-state index in [4.69, 9.17) is 0 Å². The number of fused-ring (bicyclic) bond motifs is 4. The van der Waals surface area contributed by atoms with Crippen molar-refractivity contribution in [3.8, 4) is 0 Å². The third-order valence-corrected chi connectivity index (χ3v) is 6.19. The zero-order valence-corrected chi connectivity index (χ0v) is 37.0. The van der Waals surface area contributed by atoms with Gasteiger partial charge in [0, 0.05) is 0 Å². The zero-order chi connectivity index (χ0) is 31.6. The van der Waals surface area contributed by atoms with Gasteiger partial charge in [0.1, 0.15) is 0 Å². The average Bonchev–Trinajstić information content (AvgIpc) is 3.84. The topological polar surface area (TPSA) is 0 Å². The van der Waals surface area contributed by atoms with Gasteiger partial charge in [-0.05, 0) is 0 Å². The van der Waals surface area contributed by atoms with Crippen molar-refractivity contribution in [3.05, 3.63) is 170 Å². The molecule has 0 radical (unpaired) electrons. The molecule has 0 heterocycles. The van der Waals surface area contributed by atoms with Gasteiger partial charge in [-0.15, -0.1) is 119 Å². The van der Waals surface area contributed by atoms with Gasteiger partial charge in [-0.25, -0.2) is 0 Å². The molecular weight excluding hydrogens is 879 g/mol. The van der Waals surface area contributed by atoms with Crippen LogP contribution in [0.25, 0.3) is 43.1 Å². The summed E-state index contributed by atoms with van der Waals surface area (Å²) in [5.41, 5.74) is 0.421. The third-order valence-electron chi connectivity index (χ3n) is 6.19. The molecule has 0 aromatic heterocycles. The Balaban J connectivity index is 0.000000282. The summed E-state index contributed by atoms with van der Waals surface area (Å²) in [6, 6.07) is 58.7. The minimum Gasteiger partial charge on any atom is -1.00 e.